The molecule has 0 aromatic heterocycles. The Balaban J connectivity index is -0.000000249. The molecule has 0 fully saturated rings. The fourth-order valence-corrected chi connectivity index (χ4v) is 1.79. The Hall–Kier alpha value is 1.39. The van der Waals surface area contributed by atoms with Crippen LogP contribution in [-0.2, 0) is 45.3 Å². The van der Waals surface area contributed by atoms with Gasteiger partial charge in [0.2, 0.25) is 0 Å². The van der Waals surface area contributed by atoms with E-state index in [1.165, 1.54) is 0 Å². The van der Waals surface area contributed by atoms with Crippen LogP contribution in [0.15, 0.2) is 0 Å². The molecule has 0 saturated heterocycles. The zero-order valence-electron chi connectivity index (χ0n) is 5.67. The third kappa shape index (κ3) is 22.5. The Bertz CT molecular complexity index is 247. The molecule has 0 saturated carbocycles. The number of rotatable bonds is 2. The maximum absolute atomic E-state index is 9.49. The zero-order valence-corrected chi connectivity index (χ0v) is 11.0. The van der Waals surface area contributed by atoms with Gasteiger partial charge in [0.1, 0.15) is 0 Å². The van der Waals surface area contributed by atoms with Gasteiger partial charge in [-0.2, -0.15) is 0 Å². The molecule has 70 valence electrons. The SMILES string of the molecule is NCl.[Na+].[O]=[Cr](=[O])([O-])[O][Cr](=[O])(=[O])[OH]. The van der Waals surface area contributed by atoms with Crippen molar-refractivity contribution in [1.29, 1.82) is 0 Å². The maximum atomic E-state index is 9.49. The Morgan fingerprint density at radius 1 is 1.25 bits per heavy atom. The summed E-state index contributed by atoms with van der Waals surface area (Å²) >= 11 is -7.69. The number of hydrogen-bond acceptors (Lipinski definition) is 7. The Kier molecular flexibility index (Phi) is 12.3. The molecule has 0 bridgehead atoms. The molecule has 0 radical (unpaired) electrons. The van der Waals surface area contributed by atoms with E-state index < -0.39 is 27.2 Å². The van der Waals surface area contributed by atoms with Crippen molar-refractivity contribution in [3.8, 4) is 0 Å². The van der Waals surface area contributed by atoms with E-state index >= 15 is 0 Å². The van der Waals surface area contributed by atoms with E-state index in [2.05, 4.69) is 19.9 Å². The Morgan fingerprint density at radius 2 is 1.50 bits per heavy atom. The third-order valence-corrected chi connectivity index (χ3v) is 2.88. The van der Waals surface area contributed by atoms with Crippen molar-refractivity contribution in [1.82, 2.24) is 0 Å². The van der Waals surface area contributed by atoms with Crippen molar-refractivity contribution in [3.05, 3.63) is 0 Å². The molecule has 0 aliphatic heterocycles. The molecule has 0 aliphatic rings. The van der Waals surface area contributed by atoms with Gasteiger partial charge in [0, 0.05) is 0 Å². The van der Waals surface area contributed by atoms with Crippen LogP contribution < -0.4 is 39.0 Å². The van der Waals surface area contributed by atoms with Gasteiger partial charge in [0.05, 0.1) is 0 Å². The fourth-order valence-electron chi connectivity index (χ4n) is 0.105. The average Bonchev–Trinajstić information content (AvgIpc) is 1.60. The van der Waals surface area contributed by atoms with Gasteiger partial charge in [0.15, 0.2) is 0 Å². The second-order valence-corrected chi connectivity index (χ2v) is 4.60. The summed E-state index contributed by atoms with van der Waals surface area (Å²) in [5.41, 5.74) is 0. The summed E-state index contributed by atoms with van der Waals surface area (Å²) in [7, 11) is 0. The monoisotopic (exact) mass is 291 g/mol. The first-order valence-corrected chi connectivity index (χ1v) is 6.22. The van der Waals surface area contributed by atoms with E-state index in [1.807, 2.05) is 0 Å². The summed E-state index contributed by atoms with van der Waals surface area (Å²) in [6.45, 7) is 0. The van der Waals surface area contributed by atoms with Crippen LogP contribution in [0.4, 0.5) is 0 Å². The van der Waals surface area contributed by atoms with Crippen LogP contribution in [0.5, 0.6) is 0 Å². The second kappa shape index (κ2) is 7.77. The van der Waals surface area contributed by atoms with E-state index in [9.17, 15) is 19.4 Å². The average molecular weight is 291 g/mol. The number of nitrogens with two attached hydrogens (primary N) is 1. The predicted molar refractivity (Wildman–Crippen MR) is 16.1 cm³/mol. The van der Waals surface area contributed by atoms with Crippen LogP contribution in [0.3, 0.4) is 0 Å². The van der Waals surface area contributed by atoms with Gasteiger partial charge in [-0.05, 0) is 11.8 Å². The van der Waals surface area contributed by atoms with Crippen LogP contribution >= 0.6 is 11.8 Å². The van der Waals surface area contributed by atoms with Crippen molar-refractivity contribution < 1.29 is 83.2 Å². The standard InChI is InChI=1S/ClH2N.2Cr.Na.H2O.6O/c1-2;;;;;;;;;;/h2H2;;;;1H2;;;;;;/q;;2*+1;;;;;;;-1/p-1. The van der Waals surface area contributed by atoms with Gasteiger partial charge in [0.25, 0.3) is 0 Å². The van der Waals surface area contributed by atoms with E-state index in [-0.39, 0.29) is 29.6 Å². The number of halogens is 1. The molecule has 0 rings (SSSR count). The summed E-state index contributed by atoms with van der Waals surface area (Å²) in [5.74, 6) is 0. The number of hydrogen-bond donors (Lipinski definition) is 2. The van der Waals surface area contributed by atoms with Crippen molar-refractivity contribution in [2.45, 2.75) is 0 Å². The molecule has 0 aromatic rings. The summed E-state index contributed by atoms with van der Waals surface area (Å²) in [4.78, 5) is 0. The van der Waals surface area contributed by atoms with Gasteiger partial charge in [-0.1, -0.05) is 0 Å². The Morgan fingerprint density at radius 3 is 1.50 bits per heavy atom. The third-order valence-electron chi connectivity index (χ3n) is 0.169. The van der Waals surface area contributed by atoms with Gasteiger partial charge in [-0.3, -0.25) is 0 Å². The molecule has 0 heterocycles. The van der Waals surface area contributed by atoms with Gasteiger partial charge in [-0.25, -0.2) is 5.25 Å². The van der Waals surface area contributed by atoms with Crippen molar-refractivity contribution in [2.75, 3.05) is 0 Å². The first kappa shape index (κ1) is 19.0. The Labute approximate surface area is 99.2 Å². The van der Waals surface area contributed by atoms with Gasteiger partial charge >= 0.3 is 83.2 Å². The van der Waals surface area contributed by atoms with Crippen molar-refractivity contribution in [3.63, 3.8) is 0 Å². The molecule has 0 aromatic carbocycles. The van der Waals surface area contributed by atoms with Gasteiger partial charge in [-0.15, -0.1) is 0 Å². The van der Waals surface area contributed by atoms with Crippen molar-refractivity contribution >= 4 is 11.8 Å². The first-order valence-electron chi connectivity index (χ1n) is 1.57. The van der Waals surface area contributed by atoms with E-state index in [1.54, 1.807) is 0 Å². The minimum absolute atomic E-state index is 0. The molecular formula is H3ClCr2NNaO7. The summed E-state index contributed by atoms with van der Waals surface area (Å²) in [6, 6.07) is 0. The van der Waals surface area contributed by atoms with Crippen molar-refractivity contribution in [2.24, 2.45) is 5.25 Å². The molecule has 0 amide bonds. The predicted octanol–water partition coefficient (Wildman–Crippen LogP) is -5.19. The molecular weight excluding hydrogens is 288 g/mol. The van der Waals surface area contributed by atoms with E-state index in [0.717, 1.165) is 0 Å². The molecule has 0 aliphatic carbocycles. The molecule has 3 N–H and O–H groups in total. The minimum atomic E-state index is -6.01. The normalized spacial score (nSPS) is 10.7. The summed E-state index contributed by atoms with van der Waals surface area (Å²) < 4.78 is 57.6. The van der Waals surface area contributed by atoms with E-state index in [0.29, 0.717) is 0 Å². The molecule has 12 heavy (non-hydrogen) atoms. The second-order valence-electron chi connectivity index (χ2n) is 0.904. The van der Waals surface area contributed by atoms with Crippen LogP contribution in [0.1, 0.15) is 0 Å². The molecule has 0 spiro atoms. The molecule has 0 unspecified atom stereocenters. The zero-order chi connectivity index (χ0) is 9.71. The van der Waals surface area contributed by atoms with Crippen LogP contribution in [0.2, 0.25) is 0 Å². The van der Waals surface area contributed by atoms with Crippen LogP contribution in [0.25, 0.3) is 0 Å². The quantitative estimate of drug-likeness (QED) is 0.379. The van der Waals surface area contributed by atoms with Gasteiger partial charge < -0.3 is 0 Å². The fraction of sp³-hybridized carbons (Fsp3) is 0. The van der Waals surface area contributed by atoms with Crippen LogP contribution in [-0.4, -0.2) is 4.16 Å². The first-order chi connectivity index (χ1) is 4.71. The molecule has 12 heteroatoms. The molecule has 8 nitrogen and oxygen atoms in total. The van der Waals surface area contributed by atoms with E-state index in [4.69, 9.17) is 4.16 Å². The summed E-state index contributed by atoms with van der Waals surface area (Å²) in [5, 5.41) is 3.97. The summed E-state index contributed by atoms with van der Waals surface area (Å²) in [6.07, 6.45) is 0. The molecule has 0 atom stereocenters. The van der Waals surface area contributed by atoms with Crippen LogP contribution in [0, 0.1) is 0 Å². The topological polar surface area (TPSA) is 147 Å².